The van der Waals surface area contributed by atoms with E-state index in [1.54, 1.807) is 18.3 Å². The number of alkyl halides is 2. The summed E-state index contributed by atoms with van der Waals surface area (Å²) in [6.45, 7) is 6.63. The van der Waals surface area contributed by atoms with E-state index in [-0.39, 0.29) is 30.5 Å². The van der Waals surface area contributed by atoms with Gasteiger partial charge in [0, 0.05) is 50.1 Å². The van der Waals surface area contributed by atoms with E-state index in [1.807, 2.05) is 36.1 Å². The molecule has 1 saturated heterocycles. The highest BCUT2D eigenvalue weighted by molar-refractivity contribution is 6.11. The second kappa shape index (κ2) is 12.7. The number of allylic oxidation sites excluding steroid dienone is 1. The molecule has 2 fully saturated rings. The van der Waals surface area contributed by atoms with E-state index >= 15 is 0 Å². The Labute approximate surface area is 243 Å². The van der Waals surface area contributed by atoms with Crippen LogP contribution in [0, 0.1) is 0 Å². The maximum absolute atomic E-state index is 13.6. The van der Waals surface area contributed by atoms with E-state index in [1.165, 1.54) is 6.20 Å². The molecule has 5 rings (SSSR count). The first-order chi connectivity index (χ1) is 20.2. The highest BCUT2D eigenvalue weighted by atomic mass is 19.3. The summed E-state index contributed by atoms with van der Waals surface area (Å²) in [5.41, 5.74) is 4.31. The highest BCUT2D eigenvalue weighted by Crippen LogP contribution is 2.29. The number of aromatic nitrogens is 3. The Balaban J connectivity index is 1.27. The van der Waals surface area contributed by atoms with E-state index in [0.717, 1.165) is 42.4 Å². The molecular formula is C31H35F2N7O2. The molecule has 9 nitrogen and oxygen atoms in total. The summed E-state index contributed by atoms with van der Waals surface area (Å²) < 4.78 is 27.2. The molecule has 0 spiro atoms. The fraction of sp³-hybridized carbons (Fsp3) is 0.387. The van der Waals surface area contributed by atoms with E-state index < -0.39 is 11.8 Å². The van der Waals surface area contributed by atoms with Crippen molar-refractivity contribution >= 4 is 40.7 Å². The van der Waals surface area contributed by atoms with Gasteiger partial charge in [-0.2, -0.15) is 5.10 Å². The van der Waals surface area contributed by atoms with Gasteiger partial charge in [-0.1, -0.05) is 25.0 Å². The quantitative estimate of drug-likeness (QED) is 0.227. The summed E-state index contributed by atoms with van der Waals surface area (Å²) in [4.78, 5) is 35.7. The van der Waals surface area contributed by atoms with Crippen molar-refractivity contribution in [1.29, 1.82) is 0 Å². The molecule has 42 heavy (non-hydrogen) atoms. The number of pyridine rings is 1. The molecule has 2 aromatic heterocycles. The van der Waals surface area contributed by atoms with E-state index in [0.29, 0.717) is 41.9 Å². The highest BCUT2D eigenvalue weighted by Gasteiger charge is 2.33. The normalized spacial score (nSPS) is 18.3. The van der Waals surface area contributed by atoms with E-state index in [4.69, 9.17) is 0 Å². The third-order valence-corrected chi connectivity index (χ3v) is 7.83. The number of aromatic amines is 1. The number of anilines is 1. The number of carbonyl (C=O) groups is 2. The maximum Gasteiger partial charge on any atom is 0.276 e. The van der Waals surface area contributed by atoms with Gasteiger partial charge in [0.05, 0.1) is 17.4 Å². The largest absolute Gasteiger partial charge is 0.348 e. The van der Waals surface area contributed by atoms with Gasteiger partial charge in [-0.15, -0.1) is 0 Å². The van der Waals surface area contributed by atoms with Crippen LogP contribution in [0.25, 0.3) is 16.5 Å². The van der Waals surface area contributed by atoms with Crippen molar-refractivity contribution in [2.24, 2.45) is 4.99 Å². The van der Waals surface area contributed by atoms with Crippen molar-refractivity contribution in [1.82, 2.24) is 25.4 Å². The minimum absolute atomic E-state index is 0.150. The van der Waals surface area contributed by atoms with Crippen LogP contribution in [-0.4, -0.2) is 70.2 Å². The standard InChI is InChI=1S/C31H35F2N7O2/c1-20(15-21(17-34-2)19-40-13-11-31(32,33)12-14-40)22-7-9-26-25(16-22)28(39-38-26)30(42)37-24-8-10-27(35-18-24)29(41)36-23-5-3-4-6-23/h7-10,15-18,23H,2-6,11-14,19H2,1H3,(H,36,41)(H,37,42)(H,38,39)/b20-15+,21-17+. The smallest absolute Gasteiger partial charge is 0.276 e. The zero-order valence-corrected chi connectivity index (χ0v) is 23.6. The number of amides is 2. The lowest BCUT2D eigenvalue weighted by atomic mass is 10.0. The van der Waals surface area contributed by atoms with Crippen LogP contribution >= 0.6 is 0 Å². The van der Waals surface area contributed by atoms with Gasteiger partial charge in [-0.05, 0) is 67.5 Å². The summed E-state index contributed by atoms with van der Waals surface area (Å²) in [5, 5.41) is 13.6. The van der Waals surface area contributed by atoms with Gasteiger partial charge in [-0.25, -0.2) is 13.8 Å². The molecule has 1 aliphatic heterocycles. The minimum Gasteiger partial charge on any atom is -0.348 e. The molecule has 1 aliphatic carbocycles. The van der Waals surface area contributed by atoms with Crippen molar-refractivity contribution in [2.75, 3.05) is 25.0 Å². The SMILES string of the molecule is C=N/C=C(\C=C(/C)c1ccc2[nH]nc(C(=O)Nc3ccc(C(=O)NC4CCCC4)nc3)c2c1)CN1CCC(F)(F)CC1. The molecule has 0 unspecified atom stereocenters. The monoisotopic (exact) mass is 575 g/mol. The third kappa shape index (κ3) is 7.14. The first-order valence-electron chi connectivity index (χ1n) is 14.2. The zero-order chi connectivity index (χ0) is 29.7. The summed E-state index contributed by atoms with van der Waals surface area (Å²) in [6.07, 6.45) is 8.98. The number of nitrogens with zero attached hydrogens (tertiary/aromatic N) is 4. The first kappa shape index (κ1) is 29.2. The third-order valence-electron chi connectivity index (χ3n) is 7.83. The topological polar surface area (TPSA) is 115 Å². The molecule has 1 saturated carbocycles. The Hall–Kier alpha value is -4.25. The van der Waals surface area contributed by atoms with Gasteiger partial charge in [-0.3, -0.25) is 24.6 Å². The number of carbonyl (C=O) groups excluding carboxylic acids is 2. The van der Waals surface area contributed by atoms with Gasteiger partial charge in [0.2, 0.25) is 0 Å². The number of piperidine rings is 1. The number of hydrogen-bond donors (Lipinski definition) is 3. The molecule has 2 aliphatic rings. The maximum atomic E-state index is 13.6. The predicted octanol–water partition coefficient (Wildman–Crippen LogP) is 5.60. The summed E-state index contributed by atoms with van der Waals surface area (Å²) in [7, 11) is 0. The predicted molar refractivity (Wildman–Crippen MR) is 160 cm³/mol. The number of benzene rings is 1. The van der Waals surface area contributed by atoms with Crippen LogP contribution in [0.15, 0.2) is 59.4 Å². The van der Waals surface area contributed by atoms with Crippen molar-refractivity contribution in [3.8, 4) is 0 Å². The molecule has 0 bridgehead atoms. The Morgan fingerprint density at radius 1 is 1.17 bits per heavy atom. The number of likely N-dealkylation sites (tertiary alicyclic amines) is 1. The number of rotatable bonds is 9. The number of aliphatic imine (C=N–C) groups is 1. The van der Waals surface area contributed by atoms with Gasteiger partial charge >= 0.3 is 0 Å². The van der Waals surface area contributed by atoms with Crippen molar-refractivity contribution in [2.45, 2.75) is 57.4 Å². The number of halogens is 2. The molecule has 3 aromatic rings. The average Bonchev–Trinajstić information content (AvgIpc) is 3.64. The molecule has 3 heterocycles. The number of fused-ring (bicyclic) bond motifs is 1. The molecule has 220 valence electrons. The fourth-order valence-electron chi connectivity index (χ4n) is 5.45. The lowest BCUT2D eigenvalue weighted by Gasteiger charge is -2.31. The second-order valence-corrected chi connectivity index (χ2v) is 11.0. The summed E-state index contributed by atoms with van der Waals surface area (Å²) in [6, 6.07) is 9.09. The Bertz CT molecular complexity index is 1510. The lowest BCUT2D eigenvalue weighted by molar-refractivity contribution is -0.0533. The molecule has 0 atom stereocenters. The van der Waals surface area contributed by atoms with Crippen LogP contribution in [0.4, 0.5) is 14.5 Å². The number of hydrogen-bond acceptors (Lipinski definition) is 6. The van der Waals surface area contributed by atoms with Gasteiger partial charge in [0.15, 0.2) is 5.69 Å². The number of nitrogens with one attached hydrogen (secondary N) is 3. The van der Waals surface area contributed by atoms with Gasteiger partial charge in [0.25, 0.3) is 17.7 Å². The molecule has 2 amide bonds. The molecule has 1 aromatic carbocycles. The van der Waals surface area contributed by atoms with Crippen LogP contribution in [0.5, 0.6) is 0 Å². The number of H-pyrrole nitrogens is 1. The van der Waals surface area contributed by atoms with Crippen molar-refractivity contribution in [3.05, 3.63) is 71.3 Å². The van der Waals surface area contributed by atoms with Crippen LogP contribution in [0.3, 0.4) is 0 Å². The summed E-state index contributed by atoms with van der Waals surface area (Å²) in [5.74, 6) is -3.23. The second-order valence-electron chi connectivity index (χ2n) is 11.0. The molecule has 11 heteroatoms. The van der Waals surface area contributed by atoms with Gasteiger partial charge < -0.3 is 10.6 Å². The summed E-state index contributed by atoms with van der Waals surface area (Å²) >= 11 is 0. The Kier molecular flexibility index (Phi) is 8.86. The Morgan fingerprint density at radius 3 is 2.62 bits per heavy atom. The van der Waals surface area contributed by atoms with Crippen molar-refractivity contribution in [3.63, 3.8) is 0 Å². The molecular weight excluding hydrogens is 540 g/mol. The van der Waals surface area contributed by atoms with Crippen molar-refractivity contribution < 1.29 is 18.4 Å². The Morgan fingerprint density at radius 2 is 1.93 bits per heavy atom. The first-order valence-corrected chi connectivity index (χ1v) is 14.2. The van der Waals surface area contributed by atoms with Gasteiger partial charge in [0.1, 0.15) is 5.69 Å². The van der Waals surface area contributed by atoms with Crippen LogP contribution in [0.1, 0.15) is 72.0 Å². The van der Waals surface area contributed by atoms with Crippen LogP contribution < -0.4 is 10.6 Å². The molecule has 0 radical (unpaired) electrons. The minimum atomic E-state index is -2.60. The fourth-order valence-corrected chi connectivity index (χ4v) is 5.45. The van der Waals surface area contributed by atoms with E-state index in [9.17, 15) is 18.4 Å². The average molecular weight is 576 g/mol. The molecule has 3 N–H and O–H groups in total. The lowest BCUT2D eigenvalue weighted by Crippen LogP contribution is -2.40. The van der Waals surface area contributed by atoms with Crippen LogP contribution in [-0.2, 0) is 0 Å². The van der Waals surface area contributed by atoms with E-state index in [2.05, 4.69) is 37.5 Å². The van der Waals surface area contributed by atoms with Crippen LogP contribution in [0.2, 0.25) is 0 Å². The zero-order valence-electron chi connectivity index (χ0n) is 23.6.